The fourth-order valence-electron chi connectivity index (χ4n) is 0.351. The van der Waals surface area contributed by atoms with Crippen molar-refractivity contribution >= 4 is 28.9 Å². The van der Waals surface area contributed by atoms with Crippen LogP contribution in [-0.2, 0) is 35.8 Å². The van der Waals surface area contributed by atoms with Gasteiger partial charge < -0.3 is 0 Å². The number of carbonyl (C=O) groups excluding carboxylic acids is 2. The first-order chi connectivity index (χ1) is 3.13. The fraction of sp³-hybridized carbons (Fsp3) is 0.600. The van der Waals surface area contributed by atoms with E-state index in [0.29, 0.717) is 0 Å². The van der Waals surface area contributed by atoms with Crippen molar-refractivity contribution < 1.29 is 71.4 Å². The Hall–Kier alpha value is 1.95. The van der Waals surface area contributed by atoms with Crippen LogP contribution < -0.4 is 0 Å². The molecule has 0 aliphatic rings. The van der Waals surface area contributed by atoms with Gasteiger partial charge in [-0.2, -0.15) is 0 Å². The van der Waals surface area contributed by atoms with E-state index in [4.69, 9.17) is 0 Å². The predicted octanol–water partition coefficient (Wildman–Crippen LogP) is 0.171. The maximum Gasteiger partial charge on any atom is 0.137 e. The van der Waals surface area contributed by atoms with Crippen LogP contribution in [0.25, 0.3) is 0 Å². The summed E-state index contributed by atoms with van der Waals surface area (Å²) < 4.78 is 0. The third-order valence-corrected chi connectivity index (χ3v) is 0.498. The SMILES string of the molecule is CC(=O)CC(C)=O.[Al].[La].[Zr]. The molecule has 0 aromatic rings. The maximum atomic E-state index is 10.0. The minimum Gasteiger partial charge on any atom is -0.300 e. The number of rotatable bonds is 2. The first-order valence-electron chi connectivity index (χ1n) is 2.12. The van der Waals surface area contributed by atoms with Crippen LogP contribution in [0.5, 0.6) is 0 Å². The minimum atomic E-state index is -0.0625. The summed E-state index contributed by atoms with van der Waals surface area (Å²) in [4.78, 5) is 20.1. The zero-order chi connectivity index (χ0) is 5.86. The summed E-state index contributed by atoms with van der Waals surface area (Å²) in [7, 11) is 0. The molecule has 4 radical (unpaired) electrons. The molecule has 0 bridgehead atoms. The van der Waals surface area contributed by atoms with Gasteiger partial charge in [0.15, 0.2) is 0 Å². The van der Waals surface area contributed by atoms with Gasteiger partial charge in [-0.05, 0) is 13.8 Å². The molecule has 0 amide bonds. The Morgan fingerprint density at radius 1 is 1.10 bits per heavy atom. The van der Waals surface area contributed by atoms with Gasteiger partial charge in [-0.15, -0.1) is 0 Å². The van der Waals surface area contributed by atoms with E-state index in [9.17, 15) is 9.59 Å². The minimum absolute atomic E-state index is 0. The van der Waals surface area contributed by atoms with Crippen LogP contribution >= 0.6 is 0 Å². The van der Waals surface area contributed by atoms with E-state index in [1.165, 1.54) is 13.8 Å². The normalized spacial score (nSPS) is 5.80. The van der Waals surface area contributed by atoms with Crippen molar-refractivity contribution in [2.75, 3.05) is 0 Å². The quantitative estimate of drug-likeness (QED) is 0.522. The number of Topliss-reactive ketones (excluding diaryl/α,β-unsaturated/α-hetero) is 2. The van der Waals surface area contributed by atoms with Crippen molar-refractivity contribution in [3.63, 3.8) is 0 Å². The molecule has 0 saturated carbocycles. The standard InChI is InChI=1S/C5H8O2.Al.La.Zr/c1-4(6)3-5(2)7;;;/h3H2,1-2H3;;;. The van der Waals surface area contributed by atoms with E-state index < -0.39 is 0 Å². The summed E-state index contributed by atoms with van der Waals surface area (Å²) in [6.07, 6.45) is 0.0833. The smallest absolute Gasteiger partial charge is 0.137 e. The van der Waals surface area contributed by atoms with Crippen LogP contribution in [0.15, 0.2) is 0 Å². The average molecular weight is 357 g/mol. The van der Waals surface area contributed by atoms with Gasteiger partial charge in [0.05, 0.1) is 6.42 Å². The molecule has 0 heterocycles. The van der Waals surface area contributed by atoms with Crippen LogP contribution in [0, 0.1) is 35.6 Å². The molecule has 0 spiro atoms. The molecule has 50 valence electrons. The van der Waals surface area contributed by atoms with Gasteiger partial charge in [-0.25, -0.2) is 0 Å². The van der Waals surface area contributed by atoms with Gasteiger partial charge >= 0.3 is 0 Å². The molecular weight excluding hydrogens is 349 g/mol. The average Bonchev–Trinajstić information content (AvgIpc) is 1.27. The summed E-state index contributed by atoms with van der Waals surface area (Å²) in [6, 6.07) is 0. The summed E-state index contributed by atoms with van der Waals surface area (Å²) in [5.41, 5.74) is 0. The Kier molecular flexibility index (Phi) is 30.7. The van der Waals surface area contributed by atoms with Crippen molar-refractivity contribution in [2.45, 2.75) is 20.3 Å². The third-order valence-electron chi connectivity index (χ3n) is 0.498. The predicted molar refractivity (Wildman–Crippen MR) is 31.7 cm³/mol. The van der Waals surface area contributed by atoms with E-state index in [-0.39, 0.29) is 97.2 Å². The monoisotopic (exact) mass is 356 g/mol. The third kappa shape index (κ3) is 22.5. The Morgan fingerprint density at radius 2 is 1.30 bits per heavy atom. The largest absolute Gasteiger partial charge is 0.300 e. The summed E-state index contributed by atoms with van der Waals surface area (Å²) in [5, 5.41) is 0. The first-order valence-corrected chi connectivity index (χ1v) is 2.12. The van der Waals surface area contributed by atoms with Crippen molar-refractivity contribution in [3.05, 3.63) is 0 Å². The molecule has 0 aromatic heterocycles. The molecule has 0 aliphatic heterocycles. The Morgan fingerprint density at radius 3 is 1.30 bits per heavy atom. The summed E-state index contributed by atoms with van der Waals surface area (Å²) >= 11 is 0. The van der Waals surface area contributed by atoms with Gasteiger partial charge in [0.25, 0.3) is 0 Å². The van der Waals surface area contributed by atoms with E-state index in [1.54, 1.807) is 0 Å². The topological polar surface area (TPSA) is 34.1 Å². The summed E-state index contributed by atoms with van der Waals surface area (Å²) in [6.45, 7) is 2.81. The number of carbonyl (C=O) groups is 2. The molecule has 5 heteroatoms. The van der Waals surface area contributed by atoms with Crippen molar-refractivity contribution in [3.8, 4) is 0 Å². The van der Waals surface area contributed by atoms with E-state index in [2.05, 4.69) is 0 Å². The van der Waals surface area contributed by atoms with Crippen LogP contribution in [0.1, 0.15) is 20.3 Å². The first kappa shape index (κ1) is 22.7. The van der Waals surface area contributed by atoms with Crippen LogP contribution in [0.2, 0.25) is 0 Å². The second-order valence-corrected chi connectivity index (χ2v) is 1.58. The Bertz CT molecular complexity index is 95.8. The fourth-order valence-corrected chi connectivity index (χ4v) is 0.351. The van der Waals surface area contributed by atoms with Crippen LogP contribution in [0.4, 0.5) is 0 Å². The van der Waals surface area contributed by atoms with Gasteiger partial charge in [-0.1, -0.05) is 0 Å². The van der Waals surface area contributed by atoms with Crippen molar-refractivity contribution in [1.82, 2.24) is 0 Å². The molecule has 0 aliphatic carbocycles. The Balaban J connectivity index is -0.0000000600. The molecule has 0 atom stereocenters. The van der Waals surface area contributed by atoms with E-state index in [1.807, 2.05) is 0 Å². The van der Waals surface area contributed by atoms with Gasteiger partial charge in [-0.3, -0.25) is 9.59 Å². The van der Waals surface area contributed by atoms with E-state index in [0.717, 1.165) is 0 Å². The molecular formula is C5H8AlLaO2Zr. The number of hydrogen-bond donors (Lipinski definition) is 0. The van der Waals surface area contributed by atoms with Crippen molar-refractivity contribution in [2.24, 2.45) is 0 Å². The molecule has 0 rings (SSSR count). The molecule has 0 N–H and O–H groups in total. The molecule has 10 heavy (non-hydrogen) atoms. The number of ketones is 2. The molecule has 0 unspecified atom stereocenters. The zero-order valence-electron chi connectivity index (χ0n) is 6.18. The second-order valence-electron chi connectivity index (χ2n) is 1.58. The van der Waals surface area contributed by atoms with Gasteiger partial charge in [0.2, 0.25) is 0 Å². The van der Waals surface area contributed by atoms with Crippen LogP contribution in [-0.4, -0.2) is 28.9 Å². The van der Waals surface area contributed by atoms with E-state index >= 15 is 0 Å². The molecule has 0 fully saturated rings. The second kappa shape index (κ2) is 13.5. The van der Waals surface area contributed by atoms with Gasteiger partial charge in [0, 0.05) is 79.2 Å². The van der Waals surface area contributed by atoms with Crippen molar-refractivity contribution in [1.29, 1.82) is 0 Å². The molecule has 0 saturated heterocycles. The molecule has 0 aromatic carbocycles. The number of hydrogen-bond acceptors (Lipinski definition) is 2. The van der Waals surface area contributed by atoms with Crippen LogP contribution in [0.3, 0.4) is 0 Å². The zero-order valence-corrected chi connectivity index (χ0v) is 13.4. The molecule has 2 nitrogen and oxygen atoms in total. The van der Waals surface area contributed by atoms with Gasteiger partial charge in [0.1, 0.15) is 11.6 Å². The summed E-state index contributed by atoms with van der Waals surface area (Å²) in [5.74, 6) is -0.125. The Labute approximate surface area is 119 Å². The maximum absolute atomic E-state index is 10.0.